The minimum atomic E-state index is -3.33. The lowest BCUT2D eigenvalue weighted by Crippen LogP contribution is -2.30. The molecule has 2 rings (SSSR count). The number of amides is 1. The molecule has 0 atom stereocenters. The summed E-state index contributed by atoms with van der Waals surface area (Å²) in [5.74, 6) is 0.115. The average Bonchev–Trinajstić information content (AvgIpc) is 3.09. The van der Waals surface area contributed by atoms with Crippen LogP contribution < -0.4 is 0 Å². The molecule has 0 saturated carbocycles. The Kier molecular flexibility index (Phi) is 6.80. The van der Waals surface area contributed by atoms with E-state index in [4.69, 9.17) is 0 Å². The van der Waals surface area contributed by atoms with Gasteiger partial charge in [-0.25, -0.2) is 8.42 Å². The third-order valence-electron chi connectivity index (χ3n) is 4.46. The molecule has 0 N–H and O–H groups in total. The molecule has 5 nitrogen and oxygen atoms in total. The molecule has 0 aliphatic carbocycles. The summed E-state index contributed by atoms with van der Waals surface area (Å²) in [5.41, 5.74) is 1.11. The van der Waals surface area contributed by atoms with Crippen molar-refractivity contribution in [3.05, 3.63) is 29.8 Å². The predicted octanol–water partition coefficient (Wildman–Crippen LogP) is 2.66. The maximum atomic E-state index is 12.5. The molecule has 0 aromatic heterocycles. The van der Waals surface area contributed by atoms with Crippen LogP contribution in [0.2, 0.25) is 0 Å². The standard InChI is InChI=1S/C18H28N2O3S/c1-3-12-19(16(2)21)13-6-7-17-8-10-18(11-9-17)24(22,23)20-14-4-5-15-20/h8-11H,3-7,12-15H2,1-2H3. The maximum absolute atomic E-state index is 12.5. The van der Waals surface area contributed by atoms with Gasteiger partial charge in [0.15, 0.2) is 0 Å². The lowest BCUT2D eigenvalue weighted by atomic mass is 10.1. The number of rotatable bonds is 8. The highest BCUT2D eigenvalue weighted by molar-refractivity contribution is 7.89. The minimum Gasteiger partial charge on any atom is -0.343 e. The third-order valence-corrected chi connectivity index (χ3v) is 6.37. The second-order valence-electron chi connectivity index (χ2n) is 6.36. The zero-order valence-corrected chi connectivity index (χ0v) is 15.5. The first-order chi connectivity index (χ1) is 11.4. The molecule has 1 amide bonds. The summed E-state index contributed by atoms with van der Waals surface area (Å²) >= 11 is 0. The molecule has 6 heteroatoms. The van der Waals surface area contributed by atoms with E-state index in [1.54, 1.807) is 23.4 Å². The maximum Gasteiger partial charge on any atom is 0.243 e. The number of aryl methyl sites for hydroxylation is 1. The van der Waals surface area contributed by atoms with Crippen LogP contribution in [-0.4, -0.2) is 49.7 Å². The zero-order chi connectivity index (χ0) is 17.6. The summed E-state index contributed by atoms with van der Waals surface area (Å²) in [6.07, 6.45) is 4.58. The fraction of sp³-hybridized carbons (Fsp3) is 0.611. The summed E-state index contributed by atoms with van der Waals surface area (Å²) in [4.78, 5) is 13.8. The van der Waals surface area contributed by atoms with Crippen LogP contribution in [-0.2, 0) is 21.2 Å². The molecule has 1 saturated heterocycles. The monoisotopic (exact) mass is 352 g/mol. The van der Waals surface area contributed by atoms with E-state index in [2.05, 4.69) is 6.92 Å². The zero-order valence-electron chi connectivity index (χ0n) is 14.7. The van der Waals surface area contributed by atoms with Crippen molar-refractivity contribution < 1.29 is 13.2 Å². The third kappa shape index (κ3) is 4.80. The topological polar surface area (TPSA) is 57.7 Å². The lowest BCUT2D eigenvalue weighted by Gasteiger charge is -2.20. The van der Waals surface area contributed by atoms with Crippen LogP contribution in [0.3, 0.4) is 0 Å². The predicted molar refractivity (Wildman–Crippen MR) is 95.3 cm³/mol. The molecule has 134 valence electrons. The van der Waals surface area contributed by atoms with Gasteiger partial charge in [-0.1, -0.05) is 19.1 Å². The molecule has 0 bridgehead atoms. The van der Waals surface area contributed by atoms with E-state index in [0.717, 1.165) is 50.8 Å². The van der Waals surface area contributed by atoms with Crippen LogP contribution in [0.4, 0.5) is 0 Å². The summed E-state index contributed by atoms with van der Waals surface area (Å²) in [7, 11) is -3.33. The van der Waals surface area contributed by atoms with Crippen molar-refractivity contribution in [2.75, 3.05) is 26.2 Å². The van der Waals surface area contributed by atoms with Crippen LogP contribution in [0, 0.1) is 0 Å². The van der Waals surface area contributed by atoms with Gasteiger partial charge >= 0.3 is 0 Å². The first-order valence-corrected chi connectivity index (χ1v) is 10.2. The van der Waals surface area contributed by atoms with Gasteiger partial charge in [-0.05, 0) is 49.8 Å². The van der Waals surface area contributed by atoms with E-state index in [9.17, 15) is 13.2 Å². The molecule has 1 aliphatic rings. The van der Waals surface area contributed by atoms with E-state index in [1.165, 1.54) is 0 Å². The molecule has 1 aromatic rings. The Morgan fingerprint density at radius 1 is 1.12 bits per heavy atom. The van der Waals surface area contributed by atoms with Crippen molar-refractivity contribution in [1.82, 2.24) is 9.21 Å². The fourth-order valence-electron chi connectivity index (χ4n) is 3.08. The van der Waals surface area contributed by atoms with Crippen LogP contribution in [0.1, 0.15) is 45.1 Å². The molecule has 1 aromatic carbocycles. The Balaban J connectivity index is 1.91. The van der Waals surface area contributed by atoms with Crippen LogP contribution >= 0.6 is 0 Å². The Bertz CT molecular complexity index is 635. The molecular formula is C18H28N2O3S. The van der Waals surface area contributed by atoms with Crippen molar-refractivity contribution >= 4 is 15.9 Å². The van der Waals surface area contributed by atoms with E-state index >= 15 is 0 Å². The SMILES string of the molecule is CCCN(CCCc1ccc(S(=O)(=O)N2CCCC2)cc1)C(C)=O. The van der Waals surface area contributed by atoms with E-state index in [0.29, 0.717) is 18.0 Å². The number of carbonyl (C=O) groups excluding carboxylic acids is 1. The highest BCUT2D eigenvalue weighted by Crippen LogP contribution is 2.21. The van der Waals surface area contributed by atoms with Crippen LogP contribution in [0.15, 0.2) is 29.2 Å². The normalized spacial score (nSPS) is 15.6. The second kappa shape index (κ2) is 8.62. The number of sulfonamides is 1. The van der Waals surface area contributed by atoms with Crippen LogP contribution in [0.5, 0.6) is 0 Å². The number of hydrogen-bond donors (Lipinski definition) is 0. The van der Waals surface area contributed by atoms with Gasteiger partial charge in [-0.15, -0.1) is 0 Å². The van der Waals surface area contributed by atoms with Gasteiger partial charge in [0.2, 0.25) is 15.9 Å². The lowest BCUT2D eigenvalue weighted by molar-refractivity contribution is -0.128. The molecule has 1 fully saturated rings. The van der Waals surface area contributed by atoms with Gasteiger partial charge in [-0.2, -0.15) is 4.31 Å². The Morgan fingerprint density at radius 3 is 2.29 bits per heavy atom. The van der Waals surface area contributed by atoms with Gasteiger partial charge in [0, 0.05) is 33.1 Å². The molecule has 0 unspecified atom stereocenters. The number of benzene rings is 1. The van der Waals surface area contributed by atoms with Gasteiger partial charge in [0.25, 0.3) is 0 Å². The Morgan fingerprint density at radius 2 is 1.75 bits per heavy atom. The fourth-order valence-corrected chi connectivity index (χ4v) is 4.59. The number of nitrogens with zero attached hydrogens (tertiary/aromatic N) is 2. The summed E-state index contributed by atoms with van der Waals surface area (Å²) in [5, 5.41) is 0. The molecule has 1 aliphatic heterocycles. The van der Waals surface area contributed by atoms with E-state index in [1.807, 2.05) is 17.0 Å². The Hall–Kier alpha value is -1.40. The Labute approximate surface area is 145 Å². The molecular weight excluding hydrogens is 324 g/mol. The first kappa shape index (κ1) is 18.9. The minimum absolute atomic E-state index is 0.115. The summed E-state index contributed by atoms with van der Waals surface area (Å²) < 4.78 is 26.5. The quantitative estimate of drug-likeness (QED) is 0.723. The molecule has 1 heterocycles. The largest absolute Gasteiger partial charge is 0.343 e. The molecule has 0 radical (unpaired) electrons. The van der Waals surface area contributed by atoms with E-state index < -0.39 is 10.0 Å². The second-order valence-corrected chi connectivity index (χ2v) is 8.30. The van der Waals surface area contributed by atoms with Gasteiger partial charge in [0.1, 0.15) is 0 Å². The van der Waals surface area contributed by atoms with Gasteiger partial charge in [-0.3, -0.25) is 4.79 Å². The highest BCUT2D eigenvalue weighted by Gasteiger charge is 2.26. The smallest absolute Gasteiger partial charge is 0.243 e. The number of carbonyl (C=O) groups is 1. The van der Waals surface area contributed by atoms with Crippen molar-refractivity contribution in [1.29, 1.82) is 0 Å². The molecule has 24 heavy (non-hydrogen) atoms. The average molecular weight is 353 g/mol. The number of hydrogen-bond acceptors (Lipinski definition) is 3. The van der Waals surface area contributed by atoms with Crippen molar-refractivity contribution in [3.8, 4) is 0 Å². The van der Waals surface area contributed by atoms with Crippen molar-refractivity contribution in [3.63, 3.8) is 0 Å². The molecule has 0 spiro atoms. The van der Waals surface area contributed by atoms with E-state index in [-0.39, 0.29) is 5.91 Å². The van der Waals surface area contributed by atoms with Crippen molar-refractivity contribution in [2.45, 2.75) is 50.8 Å². The van der Waals surface area contributed by atoms with Gasteiger partial charge < -0.3 is 4.90 Å². The summed E-state index contributed by atoms with van der Waals surface area (Å²) in [6, 6.07) is 7.19. The summed E-state index contributed by atoms with van der Waals surface area (Å²) in [6.45, 7) is 6.47. The first-order valence-electron chi connectivity index (χ1n) is 8.79. The van der Waals surface area contributed by atoms with Crippen molar-refractivity contribution in [2.24, 2.45) is 0 Å². The van der Waals surface area contributed by atoms with Gasteiger partial charge in [0.05, 0.1) is 4.90 Å². The highest BCUT2D eigenvalue weighted by atomic mass is 32.2. The van der Waals surface area contributed by atoms with Crippen LogP contribution in [0.25, 0.3) is 0 Å².